The van der Waals surface area contributed by atoms with Gasteiger partial charge in [-0.3, -0.25) is 4.79 Å². The van der Waals surface area contributed by atoms with Gasteiger partial charge in [0.15, 0.2) is 0 Å². The van der Waals surface area contributed by atoms with E-state index in [0.717, 1.165) is 63.5 Å². The van der Waals surface area contributed by atoms with Crippen LogP contribution in [-0.2, 0) is 11.3 Å². The van der Waals surface area contributed by atoms with Crippen molar-refractivity contribution in [3.8, 4) is 0 Å². The average Bonchev–Trinajstić information content (AvgIpc) is 3.28. The van der Waals surface area contributed by atoms with Crippen molar-refractivity contribution in [3.63, 3.8) is 0 Å². The Bertz CT molecular complexity index is 1210. The summed E-state index contributed by atoms with van der Waals surface area (Å²) in [5.74, 6) is 1.36. The summed E-state index contributed by atoms with van der Waals surface area (Å²) in [6.07, 6.45) is 6.77. The van der Waals surface area contributed by atoms with Crippen LogP contribution in [0.25, 0.3) is 11.0 Å². The van der Waals surface area contributed by atoms with E-state index in [1.807, 2.05) is 0 Å². The summed E-state index contributed by atoms with van der Waals surface area (Å²) in [5, 5.41) is 3.23. The summed E-state index contributed by atoms with van der Waals surface area (Å²) < 4.78 is 2.36. The van der Waals surface area contributed by atoms with Crippen molar-refractivity contribution in [2.75, 3.05) is 37.6 Å². The quantitative estimate of drug-likeness (QED) is 0.426. The fourth-order valence-corrected chi connectivity index (χ4v) is 6.07. The third-order valence-electron chi connectivity index (χ3n) is 8.48. The first kappa shape index (κ1) is 25.8. The molecule has 3 aromatic rings. The maximum absolute atomic E-state index is 12.9. The van der Waals surface area contributed by atoms with Crippen LogP contribution < -0.4 is 10.2 Å². The Balaban J connectivity index is 1.19. The van der Waals surface area contributed by atoms with Gasteiger partial charge in [-0.05, 0) is 82.7 Å². The summed E-state index contributed by atoms with van der Waals surface area (Å²) in [6.45, 7) is 12.3. The number of rotatable bonds is 8. The van der Waals surface area contributed by atoms with Crippen LogP contribution in [0.4, 0.5) is 5.95 Å². The molecule has 5 rings (SSSR count). The van der Waals surface area contributed by atoms with E-state index in [9.17, 15) is 4.79 Å². The first-order valence-electron chi connectivity index (χ1n) is 14.3. The largest absolute Gasteiger partial charge is 0.356 e. The van der Waals surface area contributed by atoms with Crippen LogP contribution in [0.1, 0.15) is 62.1 Å². The van der Waals surface area contributed by atoms with E-state index in [4.69, 9.17) is 4.98 Å². The molecule has 1 aromatic heterocycles. The number of benzene rings is 2. The zero-order chi connectivity index (χ0) is 25.8. The number of imidazole rings is 1. The van der Waals surface area contributed by atoms with Crippen molar-refractivity contribution >= 4 is 22.9 Å². The number of carbonyl (C=O) groups is 1. The van der Waals surface area contributed by atoms with E-state index in [2.05, 4.69) is 82.9 Å². The molecule has 6 heteroatoms. The van der Waals surface area contributed by atoms with Crippen molar-refractivity contribution in [2.45, 2.75) is 71.9 Å². The second-order valence-electron chi connectivity index (χ2n) is 11.2. The van der Waals surface area contributed by atoms with Crippen molar-refractivity contribution in [1.29, 1.82) is 0 Å². The average molecular weight is 502 g/mol. The van der Waals surface area contributed by atoms with E-state index >= 15 is 0 Å². The molecule has 0 radical (unpaired) electrons. The van der Waals surface area contributed by atoms with Gasteiger partial charge in [-0.1, -0.05) is 42.3 Å². The third kappa shape index (κ3) is 6.01. The number of fused-ring (bicyclic) bond motifs is 1. The standard InChI is InChI=1S/C31H43N5O/c1-23-12-13-24(2)27(21-23)22-36-29-11-5-4-10-28(29)33-31(36)35-19-14-26(15-20-35)30(37)32-16-8-18-34-17-7-6-9-25(34)3/h4-5,10-13,21,25-26H,6-9,14-20,22H2,1-3H3,(H,32,37)/t25-/m1/s1. The molecule has 198 valence electrons. The monoisotopic (exact) mass is 501 g/mol. The molecule has 3 heterocycles. The number of amides is 1. The number of carbonyl (C=O) groups excluding carboxylic acids is 1. The molecule has 2 fully saturated rings. The molecule has 2 saturated heterocycles. The summed E-state index contributed by atoms with van der Waals surface area (Å²) >= 11 is 0. The van der Waals surface area contributed by atoms with Crippen LogP contribution in [0, 0.1) is 19.8 Å². The molecule has 2 aliphatic rings. The van der Waals surface area contributed by atoms with E-state index in [1.165, 1.54) is 48.0 Å². The Morgan fingerprint density at radius 2 is 1.84 bits per heavy atom. The van der Waals surface area contributed by atoms with E-state index in [-0.39, 0.29) is 11.8 Å². The zero-order valence-corrected chi connectivity index (χ0v) is 22.9. The lowest BCUT2D eigenvalue weighted by atomic mass is 9.96. The lowest BCUT2D eigenvalue weighted by Crippen LogP contribution is -2.42. The molecule has 2 aliphatic heterocycles. The van der Waals surface area contributed by atoms with Gasteiger partial charge < -0.3 is 19.7 Å². The highest BCUT2D eigenvalue weighted by molar-refractivity contribution is 5.80. The fraction of sp³-hybridized carbons (Fsp3) is 0.548. The molecule has 1 N–H and O–H groups in total. The van der Waals surface area contributed by atoms with Gasteiger partial charge in [0.25, 0.3) is 0 Å². The molecule has 1 atom stereocenters. The van der Waals surface area contributed by atoms with Gasteiger partial charge in [-0.25, -0.2) is 4.98 Å². The molecule has 0 unspecified atom stereocenters. The Kier molecular flexibility index (Phi) is 8.14. The Morgan fingerprint density at radius 3 is 2.65 bits per heavy atom. The number of aryl methyl sites for hydroxylation is 2. The molecule has 1 amide bonds. The molecule has 6 nitrogen and oxygen atoms in total. The van der Waals surface area contributed by atoms with Crippen molar-refractivity contribution in [2.24, 2.45) is 5.92 Å². The number of nitrogens with zero attached hydrogens (tertiary/aromatic N) is 4. The van der Waals surface area contributed by atoms with Gasteiger partial charge in [-0.15, -0.1) is 0 Å². The second kappa shape index (κ2) is 11.7. The van der Waals surface area contributed by atoms with Gasteiger partial charge in [0.2, 0.25) is 11.9 Å². The normalized spacial score (nSPS) is 19.4. The Hall–Kier alpha value is -2.86. The number of hydrogen-bond donors (Lipinski definition) is 1. The van der Waals surface area contributed by atoms with Crippen LogP contribution in [0.2, 0.25) is 0 Å². The zero-order valence-electron chi connectivity index (χ0n) is 22.9. The van der Waals surface area contributed by atoms with Gasteiger partial charge in [0.1, 0.15) is 0 Å². The first-order chi connectivity index (χ1) is 18.0. The SMILES string of the molecule is Cc1ccc(C)c(Cn2c(N3CCC(C(=O)NCCCN4CCCC[C@H]4C)CC3)nc3ccccc32)c1. The number of hydrogen-bond acceptors (Lipinski definition) is 4. The smallest absolute Gasteiger partial charge is 0.223 e. The maximum atomic E-state index is 12.9. The molecule has 37 heavy (non-hydrogen) atoms. The highest BCUT2D eigenvalue weighted by Crippen LogP contribution is 2.29. The predicted molar refractivity (Wildman–Crippen MR) is 152 cm³/mol. The Morgan fingerprint density at radius 1 is 1.03 bits per heavy atom. The predicted octanol–water partition coefficient (Wildman–Crippen LogP) is 5.30. The van der Waals surface area contributed by atoms with Crippen LogP contribution in [-0.4, -0.2) is 59.1 Å². The van der Waals surface area contributed by atoms with Gasteiger partial charge in [0, 0.05) is 38.1 Å². The second-order valence-corrected chi connectivity index (χ2v) is 11.2. The van der Waals surface area contributed by atoms with Crippen LogP contribution in [0.15, 0.2) is 42.5 Å². The molecule has 0 bridgehead atoms. The highest BCUT2D eigenvalue weighted by Gasteiger charge is 2.28. The van der Waals surface area contributed by atoms with Gasteiger partial charge >= 0.3 is 0 Å². The van der Waals surface area contributed by atoms with E-state index < -0.39 is 0 Å². The minimum absolute atomic E-state index is 0.0991. The van der Waals surface area contributed by atoms with E-state index in [1.54, 1.807) is 0 Å². The molecule has 0 spiro atoms. The molecular weight excluding hydrogens is 458 g/mol. The van der Waals surface area contributed by atoms with Crippen LogP contribution >= 0.6 is 0 Å². The topological polar surface area (TPSA) is 53.4 Å². The number of nitrogens with one attached hydrogen (secondary N) is 1. The summed E-state index contributed by atoms with van der Waals surface area (Å²) in [6, 6.07) is 15.8. The van der Waals surface area contributed by atoms with Crippen molar-refractivity contribution < 1.29 is 4.79 Å². The third-order valence-corrected chi connectivity index (χ3v) is 8.48. The lowest BCUT2D eigenvalue weighted by molar-refractivity contribution is -0.125. The minimum atomic E-state index is 0.0991. The molecular formula is C31H43N5O. The summed E-state index contributed by atoms with van der Waals surface area (Å²) in [7, 11) is 0. The number of likely N-dealkylation sites (tertiary alicyclic amines) is 1. The Labute approximate surface area is 222 Å². The summed E-state index contributed by atoms with van der Waals surface area (Å²) in [5.41, 5.74) is 6.12. The molecule has 2 aromatic carbocycles. The number of para-hydroxylation sites is 2. The van der Waals surface area contributed by atoms with Crippen LogP contribution in [0.5, 0.6) is 0 Å². The number of aromatic nitrogens is 2. The van der Waals surface area contributed by atoms with Gasteiger partial charge in [0.05, 0.1) is 17.6 Å². The summed E-state index contributed by atoms with van der Waals surface area (Å²) in [4.78, 5) is 22.9. The minimum Gasteiger partial charge on any atom is -0.356 e. The van der Waals surface area contributed by atoms with E-state index in [0.29, 0.717) is 6.04 Å². The van der Waals surface area contributed by atoms with Crippen molar-refractivity contribution in [1.82, 2.24) is 19.8 Å². The molecule has 0 saturated carbocycles. The lowest BCUT2D eigenvalue weighted by Gasteiger charge is -2.33. The fourth-order valence-electron chi connectivity index (χ4n) is 6.07. The van der Waals surface area contributed by atoms with Crippen LogP contribution in [0.3, 0.4) is 0 Å². The highest BCUT2D eigenvalue weighted by atomic mass is 16.1. The molecule has 0 aliphatic carbocycles. The first-order valence-corrected chi connectivity index (χ1v) is 14.3. The van der Waals surface area contributed by atoms with Gasteiger partial charge in [-0.2, -0.15) is 0 Å². The maximum Gasteiger partial charge on any atom is 0.223 e. The van der Waals surface area contributed by atoms with Crippen molar-refractivity contribution in [3.05, 3.63) is 59.2 Å². The number of anilines is 1. The number of piperidine rings is 2.